The third-order valence-corrected chi connectivity index (χ3v) is 4.93. The second-order valence-corrected chi connectivity index (χ2v) is 6.13. The van der Waals surface area contributed by atoms with E-state index in [1.54, 1.807) is 7.11 Å². The van der Waals surface area contributed by atoms with Crippen molar-refractivity contribution in [1.29, 1.82) is 0 Å². The number of rotatable bonds is 5. The number of hydrogen-bond donors (Lipinski definition) is 1. The average molecular weight is 283 g/mol. The number of carboxylic acid groups (broad SMARTS) is 1. The van der Waals surface area contributed by atoms with Crippen molar-refractivity contribution in [3.63, 3.8) is 0 Å². The van der Waals surface area contributed by atoms with Gasteiger partial charge in [-0.15, -0.1) is 0 Å². The Hall–Kier alpha value is -1.10. The van der Waals surface area contributed by atoms with Gasteiger partial charge in [0.05, 0.1) is 11.3 Å². The zero-order valence-electron chi connectivity index (χ0n) is 12.3. The van der Waals surface area contributed by atoms with Crippen LogP contribution in [0.2, 0.25) is 0 Å². The second kappa shape index (κ2) is 6.57. The van der Waals surface area contributed by atoms with Crippen LogP contribution >= 0.6 is 0 Å². The quantitative estimate of drug-likeness (QED) is 0.837. The van der Waals surface area contributed by atoms with Gasteiger partial charge in [-0.3, -0.25) is 9.59 Å². The maximum atomic E-state index is 12.8. The lowest BCUT2D eigenvalue weighted by Gasteiger charge is -2.37. The fraction of sp³-hybridized carbons (Fsp3) is 0.867. The number of carbonyl (C=O) groups excluding carboxylic acids is 1. The molecule has 1 aliphatic carbocycles. The Bertz CT molecular complexity index is 355. The molecule has 2 fully saturated rings. The van der Waals surface area contributed by atoms with Gasteiger partial charge in [-0.1, -0.05) is 12.8 Å². The van der Waals surface area contributed by atoms with Gasteiger partial charge in [0.1, 0.15) is 0 Å². The Labute approximate surface area is 120 Å². The highest BCUT2D eigenvalue weighted by atomic mass is 16.5. The van der Waals surface area contributed by atoms with Crippen molar-refractivity contribution in [2.24, 2.45) is 11.3 Å². The highest BCUT2D eigenvalue weighted by molar-refractivity contribution is 5.83. The highest BCUT2D eigenvalue weighted by Crippen LogP contribution is 2.43. The Kier molecular flexibility index (Phi) is 5.02. The van der Waals surface area contributed by atoms with E-state index in [1.165, 1.54) is 0 Å². The first-order valence-electron chi connectivity index (χ1n) is 7.60. The van der Waals surface area contributed by atoms with Crippen LogP contribution in [0.3, 0.4) is 0 Å². The maximum absolute atomic E-state index is 12.8. The molecule has 20 heavy (non-hydrogen) atoms. The number of likely N-dealkylation sites (tertiary alicyclic amines) is 1. The van der Waals surface area contributed by atoms with Crippen LogP contribution in [0.5, 0.6) is 0 Å². The van der Waals surface area contributed by atoms with Crippen molar-refractivity contribution in [3.05, 3.63) is 0 Å². The summed E-state index contributed by atoms with van der Waals surface area (Å²) in [6, 6.07) is 0. The maximum Gasteiger partial charge on any atom is 0.306 e. The molecule has 0 spiro atoms. The van der Waals surface area contributed by atoms with Crippen molar-refractivity contribution in [2.45, 2.75) is 44.9 Å². The molecule has 0 bridgehead atoms. The molecule has 1 saturated carbocycles. The third-order valence-electron chi connectivity index (χ3n) is 4.93. The third kappa shape index (κ3) is 3.14. The van der Waals surface area contributed by atoms with Crippen LogP contribution in [-0.2, 0) is 14.3 Å². The molecule has 1 N–H and O–H groups in total. The summed E-state index contributed by atoms with van der Waals surface area (Å²) >= 11 is 0. The number of carboxylic acids is 1. The molecule has 2 rings (SSSR count). The van der Waals surface area contributed by atoms with Crippen LogP contribution in [0.25, 0.3) is 0 Å². The lowest BCUT2D eigenvalue weighted by Crippen LogP contribution is -2.47. The molecule has 2 aliphatic rings. The van der Waals surface area contributed by atoms with Gasteiger partial charge in [0.25, 0.3) is 0 Å². The lowest BCUT2D eigenvalue weighted by molar-refractivity contribution is -0.150. The summed E-state index contributed by atoms with van der Waals surface area (Å²) in [4.78, 5) is 25.7. The van der Waals surface area contributed by atoms with Gasteiger partial charge < -0.3 is 14.7 Å². The molecular formula is C15H25NO4. The minimum atomic E-state index is -0.730. The summed E-state index contributed by atoms with van der Waals surface area (Å²) in [5.41, 5.74) is -0.244. The zero-order chi connectivity index (χ0) is 14.6. The predicted octanol–water partition coefficient (Wildman–Crippen LogP) is 1.91. The van der Waals surface area contributed by atoms with Gasteiger partial charge >= 0.3 is 5.97 Å². The van der Waals surface area contributed by atoms with E-state index < -0.39 is 5.97 Å². The SMILES string of the molecule is COCCC1(C(=O)N2CCC(C(=O)O)CC2)CCCC1. The molecule has 1 amide bonds. The minimum absolute atomic E-state index is 0.232. The smallest absolute Gasteiger partial charge is 0.306 e. The van der Waals surface area contributed by atoms with Crippen LogP contribution in [0.15, 0.2) is 0 Å². The minimum Gasteiger partial charge on any atom is -0.481 e. The van der Waals surface area contributed by atoms with Crippen LogP contribution < -0.4 is 0 Å². The van der Waals surface area contributed by atoms with E-state index in [-0.39, 0.29) is 17.2 Å². The van der Waals surface area contributed by atoms with Crippen LogP contribution in [0, 0.1) is 11.3 Å². The Morgan fingerprint density at radius 3 is 2.35 bits per heavy atom. The van der Waals surface area contributed by atoms with Crippen LogP contribution in [0.1, 0.15) is 44.9 Å². The van der Waals surface area contributed by atoms with E-state index >= 15 is 0 Å². The Balaban J connectivity index is 1.97. The van der Waals surface area contributed by atoms with E-state index in [9.17, 15) is 9.59 Å². The first kappa shape index (κ1) is 15.3. The van der Waals surface area contributed by atoms with Crippen molar-refractivity contribution >= 4 is 11.9 Å². The second-order valence-electron chi connectivity index (χ2n) is 6.13. The number of hydrogen-bond acceptors (Lipinski definition) is 3. The molecule has 1 saturated heterocycles. The van der Waals surface area contributed by atoms with Crippen molar-refractivity contribution in [3.8, 4) is 0 Å². The van der Waals surface area contributed by atoms with Gasteiger partial charge in [-0.2, -0.15) is 0 Å². The molecule has 0 aromatic carbocycles. The predicted molar refractivity (Wildman–Crippen MR) is 74.3 cm³/mol. The number of carbonyl (C=O) groups is 2. The van der Waals surface area contributed by atoms with Crippen molar-refractivity contribution in [2.75, 3.05) is 26.8 Å². The van der Waals surface area contributed by atoms with E-state index in [4.69, 9.17) is 9.84 Å². The molecule has 5 nitrogen and oxygen atoms in total. The van der Waals surface area contributed by atoms with Crippen LogP contribution in [-0.4, -0.2) is 48.7 Å². The number of amides is 1. The van der Waals surface area contributed by atoms with Crippen molar-refractivity contribution < 1.29 is 19.4 Å². The molecule has 0 radical (unpaired) electrons. The molecule has 5 heteroatoms. The normalized spacial score (nSPS) is 22.9. The number of piperidine rings is 1. The highest BCUT2D eigenvalue weighted by Gasteiger charge is 2.43. The molecule has 114 valence electrons. The molecule has 1 heterocycles. The van der Waals surface area contributed by atoms with Crippen LogP contribution in [0.4, 0.5) is 0 Å². The molecule has 0 atom stereocenters. The van der Waals surface area contributed by atoms with Gasteiger partial charge in [-0.05, 0) is 32.1 Å². The molecule has 0 aromatic rings. The van der Waals surface area contributed by atoms with Gasteiger partial charge in [-0.25, -0.2) is 0 Å². The number of ether oxygens (including phenoxy) is 1. The number of aliphatic carboxylic acids is 1. The molecular weight excluding hydrogens is 258 g/mol. The van der Waals surface area contributed by atoms with E-state index in [1.807, 2.05) is 4.90 Å². The Morgan fingerprint density at radius 1 is 1.25 bits per heavy atom. The summed E-state index contributed by atoms with van der Waals surface area (Å²) < 4.78 is 5.17. The lowest BCUT2D eigenvalue weighted by atomic mass is 9.80. The first-order chi connectivity index (χ1) is 9.59. The molecule has 0 aromatic heterocycles. The Morgan fingerprint density at radius 2 is 1.85 bits per heavy atom. The topological polar surface area (TPSA) is 66.8 Å². The van der Waals surface area contributed by atoms with E-state index in [2.05, 4.69) is 0 Å². The summed E-state index contributed by atoms with van der Waals surface area (Å²) in [6.07, 6.45) is 6.09. The number of nitrogens with zero attached hydrogens (tertiary/aromatic N) is 1. The van der Waals surface area contributed by atoms with Gasteiger partial charge in [0.15, 0.2) is 0 Å². The largest absolute Gasteiger partial charge is 0.481 e. The molecule has 1 aliphatic heterocycles. The standard InChI is InChI=1S/C15H25NO4/c1-20-11-8-15(6-2-3-7-15)14(19)16-9-4-12(5-10-16)13(17)18/h12H,2-11H2,1H3,(H,17,18). The van der Waals surface area contributed by atoms with E-state index in [0.717, 1.165) is 32.1 Å². The zero-order valence-corrected chi connectivity index (χ0v) is 12.3. The summed E-state index contributed by atoms with van der Waals surface area (Å²) in [5, 5.41) is 9.02. The van der Waals surface area contributed by atoms with Crippen molar-refractivity contribution in [1.82, 2.24) is 4.90 Å². The van der Waals surface area contributed by atoms with E-state index in [0.29, 0.717) is 32.5 Å². The summed E-state index contributed by atoms with van der Waals surface area (Å²) in [7, 11) is 1.67. The first-order valence-corrected chi connectivity index (χ1v) is 7.60. The summed E-state index contributed by atoms with van der Waals surface area (Å²) in [6.45, 7) is 1.80. The monoisotopic (exact) mass is 283 g/mol. The molecule has 0 unspecified atom stereocenters. The average Bonchev–Trinajstić information content (AvgIpc) is 2.94. The van der Waals surface area contributed by atoms with Gasteiger partial charge in [0.2, 0.25) is 5.91 Å². The van der Waals surface area contributed by atoms with Gasteiger partial charge in [0, 0.05) is 26.8 Å². The number of methoxy groups -OCH3 is 1. The summed E-state index contributed by atoms with van der Waals surface area (Å²) in [5.74, 6) is -0.777. The fourth-order valence-corrected chi connectivity index (χ4v) is 3.58. The fourth-order valence-electron chi connectivity index (χ4n) is 3.58.